The first kappa shape index (κ1) is 26.1. The first-order valence-corrected chi connectivity index (χ1v) is 13.2. The third kappa shape index (κ3) is 6.03. The van der Waals surface area contributed by atoms with Gasteiger partial charge in [-0.2, -0.15) is 4.39 Å². The van der Waals surface area contributed by atoms with Gasteiger partial charge in [0.25, 0.3) is 0 Å². The van der Waals surface area contributed by atoms with Gasteiger partial charge < -0.3 is 4.74 Å². The first-order chi connectivity index (χ1) is 17.5. The zero-order valence-corrected chi connectivity index (χ0v) is 21.2. The average molecular weight is 493 g/mol. The molecule has 1 saturated carbocycles. The quantitative estimate of drug-likeness (QED) is 0.213. The molecule has 0 amide bonds. The molecule has 0 heterocycles. The Kier molecular flexibility index (Phi) is 8.90. The van der Waals surface area contributed by atoms with E-state index in [0.717, 1.165) is 50.5 Å². The van der Waals surface area contributed by atoms with E-state index in [1.807, 2.05) is 12.1 Å². The zero-order chi connectivity index (χ0) is 25.5. The van der Waals surface area contributed by atoms with E-state index in [1.165, 1.54) is 12.1 Å². The zero-order valence-electron chi connectivity index (χ0n) is 21.2. The number of hydrogen-bond donors (Lipinski definition) is 0. The molecule has 4 heteroatoms. The molecule has 0 N–H and O–H groups in total. The second-order valence-corrected chi connectivity index (χ2v) is 9.75. The van der Waals surface area contributed by atoms with Crippen molar-refractivity contribution < 1.29 is 17.9 Å². The monoisotopic (exact) mass is 492 g/mol. The average Bonchev–Trinajstić information content (AvgIpc) is 2.90. The van der Waals surface area contributed by atoms with Crippen LogP contribution in [-0.2, 0) is 0 Å². The Morgan fingerprint density at radius 2 is 1.47 bits per heavy atom. The third-order valence-electron chi connectivity index (χ3n) is 7.26. The highest BCUT2D eigenvalue weighted by molar-refractivity contribution is 5.71. The van der Waals surface area contributed by atoms with Gasteiger partial charge in [-0.3, -0.25) is 0 Å². The highest BCUT2D eigenvalue weighted by atomic mass is 19.2. The summed E-state index contributed by atoms with van der Waals surface area (Å²) in [5.74, 6) is -1.19. The van der Waals surface area contributed by atoms with Gasteiger partial charge in [-0.15, -0.1) is 0 Å². The van der Waals surface area contributed by atoms with Crippen molar-refractivity contribution in [2.75, 3.05) is 6.61 Å². The van der Waals surface area contributed by atoms with Gasteiger partial charge >= 0.3 is 0 Å². The molecular weight excluding hydrogens is 457 g/mol. The molecule has 0 aliphatic heterocycles. The third-order valence-corrected chi connectivity index (χ3v) is 7.26. The van der Waals surface area contributed by atoms with Gasteiger partial charge in [0.15, 0.2) is 11.6 Å². The van der Waals surface area contributed by atoms with E-state index < -0.39 is 11.6 Å². The van der Waals surface area contributed by atoms with Crippen LogP contribution in [0.2, 0.25) is 0 Å². The van der Waals surface area contributed by atoms with Crippen LogP contribution in [0.25, 0.3) is 22.3 Å². The molecule has 3 aromatic carbocycles. The van der Waals surface area contributed by atoms with Crippen LogP contribution < -0.4 is 4.74 Å². The SMILES string of the molecule is C/C=C/C1CCC(c2ccc(-c3ccc(-c4ccc(OCCCCC)c(F)c4F)cc3)c(F)c2)CC1. The van der Waals surface area contributed by atoms with Crippen molar-refractivity contribution in [2.45, 2.75) is 64.7 Å². The molecule has 0 saturated heterocycles. The van der Waals surface area contributed by atoms with Crippen molar-refractivity contribution >= 4 is 0 Å². The number of rotatable bonds is 9. The van der Waals surface area contributed by atoms with Crippen LogP contribution in [0.15, 0.2) is 66.7 Å². The predicted octanol–water partition coefficient (Wildman–Crippen LogP) is 9.86. The van der Waals surface area contributed by atoms with Crippen LogP contribution in [0.4, 0.5) is 13.2 Å². The summed E-state index contributed by atoms with van der Waals surface area (Å²) in [6.07, 6.45) is 11.6. The molecule has 0 bridgehead atoms. The summed E-state index contributed by atoms with van der Waals surface area (Å²) in [6, 6.07) is 15.4. The number of unbranched alkanes of at least 4 members (excludes halogenated alkanes) is 2. The van der Waals surface area contributed by atoms with Crippen LogP contribution in [-0.4, -0.2) is 6.61 Å². The smallest absolute Gasteiger partial charge is 0.201 e. The molecule has 0 unspecified atom stereocenters. The Labute approximate surface area is 213 Å². The van der Waals surface area contributed by atoms with Crippen LogP contribution in [0.1, 0.15) is 70.3 Å². The molecule has 1 nitrogen and oxygen atoms in total. The van der Waals surface area contributed by atoms with E-state index in [-0.39, 0.29) is 17.1 Å². The van der Waals surface area contributed by atoms with Gasteiger partial charge in [0.2, 0.25) is 5.82 Å². The van der Waals surface area contributed by atoms with E-state index in [0.29, 0.717) is 35.1 Å². The number of hydrogen-bond acceptors (Lipinski definition) is 1. The Bertz CT molecular complexity index is 1170. The lowest BCUT2D eigenvalue weighted by molar-refractivity contribution is 0.286. The normalized spacial score (nSPS) is 18.0. The van der Waals surface area contributed by atoms with E-state index >= 15 is 4.39 Å². The largest absolute Gasteiger partial charge is 0.490 e. The summed E-state index contributed by atoms with van der Waals surface area (Å²) >= 11 is 0. The number of benzene rings is 3. The fourth-order valence-corrected chi connectivity index (χ4v) is 5.17. The standard InChI is InChI=1S/C32H35F3O/c1-3-5-6-20-36-30-19-18-28(31(34)32(30)35)25-14-12-24(13-15-25)27-17-16-26(21-29(27)33)23-10-8-22(7-4-2)9-11-23/h4,7,12-19,21-23H,3,5-6,8-11,20H2,1-2H3/b7-4+. The maximum absolute atomic E-state index is 15.1. The Balaban J connectivity index is 1.46. The second-order valence-electron chi connectivity index (χ2n) is 9.75. The summed E-state index contributed by atoms with van der Waals surface area (Å²) in [5.41, 5.74) is 2.96. The van der Waals surface area contributed by atoms with E-state index in [4.69, 9.17) is 4.74 Å². The lowest BCUT2D eigenvalue weighted by Crippen LogP contribution is -2.12. The van der Waals surface area contributed by atoms with Gasteiger partial charge in [0, 0.05) is 11.1 Å². The predicted molar refractivity (Wildman–Crippen MR) is 142 cm³/mol. The lowest BCUT2D eigenvalue weighted by atomic mass is 9.78. The summed E-state index contributed by atoms with van der Waals surface area (Å²) in [7, 11) is 0. The Hall–Kier alpha value is -3.01. The summed E-state index contributed by atoms with van der Waals surface area (Å²) in [4.78, 5) is 0. The van der Waals surface area contributed by atoms with Gasteiger partial charge in [0.1, 0.15) is 5.82 Å². The highest BCUT2D eigenvalue weighted by Crippen LogP contribution is 2.38. The van der Waals surface area contributed by atoms with Crippen molar-refractivity contribution in [2.24, 2.45) is 5.92 Å². The lowest BCUT2D eigenvalue weighted by Gasteiger charge is -2.27. The topological polar surface area (TPSA) is 9.23 Å². The van der Waals surface area contributed by atoms with E-state index in [1.54, 1.807) is 30.3 Å². The number of allylic oxidation sites excluding steroid dienone is 2. The van der Waals surface area contributed by atoms with Crippen LogP contribution in [0.5, 0.6) is 5.75 Å². The van der Waals surface area contributed by atoms with Crippen molar-refractivity contribution in [1.82, 2.24) is 0 Å². The maximum Gasteiger partial charge on any atom is 0.201 e. The minimum absolute atomic E-state index is 0.0681. The van der Waals surface area contributed by atoms with Crippen molar-refractivity contribution in [3.8, 4) is 28.0 Å². The summed E-state index contributed by atoms with van der Waals surface area (Å²) < 4.78 is 49.8. The Morgan fingerprint density at radius 1 is 0.806 bits per heavy atom. The second kappa shape index (κ2) is 12.3. The van der Waals surface area contributed by atoms with E-state index in [2.05, 4.69) is 26.0 Å². The van der Waals surface area contributed by atoms with Crippen molar-refractivity contribution in [1.29, 1.82) is 0 Å². The molecular formula is C32H35F3O. The van der Waals surface area contributed by atoms with Gasteiger partial charge in [0.05, 0.1) is 6.61 Å². The summed E-state index contributed by atoms with van der Waals surface area (Å²) in [5, 5.41) is 0. The number of ether oxygens (including phenoxy) is 1. The minimum Gasteiger partial charge on any atom is -0.490 e. The Morgan fingerprint density at radius 3 is 2.11 bits per heavy atom. The summed E-state index contributed by atoms with van der Waals surface area (Å²) in [6.45, 7) is 4.49. The molecule has 4 rings (SSSR count). The van der Waals surface area contributed by atoms with Crippen molar-refractivity contribution in [3.05, 3.63) is 89.8 Å². The fourth-order valence-electron chi connectivity index (χ4n) is 5.17. The molecule has 3 aromatic rings. The highest BCUT2D eigenvalue weighted by Gasteiger charge is 2.22. The van der Waals surface area contributed by atoms with Gasteiger partial charge in [-0.05, 0) is 85.8 Å². The maximum atomic E-state index is 15.1. The molecule has 190 valence electrons. The fraction of sp³-hybridized carbons (Fsp3) is 0.375. The van der Waals surface area contributed by atoms with Crippen molar-refractivity contribution in [3.63, 3.8) is 0 Å². The molecule has 1 fully saturated rings. The molecule has 0 spiro atoms. The minimum atomic E-state index is -0.977. The first-order valence-electron chi connectivity index (χ1n) is 13.2. The molecule has 0 atom stereocenters. The molecule has 0 aromatic heterocycles. The van der Waals surface area contributed by atoms with Gasteiger partial charge in [-0.1, -0.05) is 68.3 Å². The molecule has 36 heavy (non-hydrogen) atoms. The van der Waals surface area contributed by atoms with Crippen LogP contribution >= 0.6 is 0 Å². The number of halogens is 3. The van der Waals surface area contributed by atoms with Crippen LogP contribution in [0, 0.1) is 23.4 Å². The van der Waals surface area contributed by atoms with Gasteiger partial charge in [-0.25, -0.2) is 8.78 Å². The molecule has 1 aliphatic carbocycles. The molecule has 0 radical (unpaired) electrons. The molecule has 1 aliphatic rings. The van der Waals surface area contributed by atoms with E-state index in [9.17, 15) is 8.78 Å². The van der Waals surface area contributed by atoms with Crippen LogP contribution in [0.3, 0.4) is 0 Å².